The number of carboxylic acid groups (broad SMARTS) is 1. The van der Waals surface area contributed by atoms with E-state index >= 15 is 0 Å². The quantitative estimate of drug-likeness (QED) is 0.321. The lowest BCUT2D eigenvalue weighted by atomic mass is 10.1. The number of aromatic carboxylic acids is 1. The van der Waals surface area contributed by atoms with Gasteiger partial charge < -0.3 is 20.1 Å². The van der Waals surface area contributed by atoms with Crippen LogP contribution in [0.3, 0.4) is 0 Å². The van der Waals surface area contributed by atoms with E-state index in [1.54, 1.807) is 0 Å². The molecule has 10 nitrogen and oxygen atoms in total. The van der Waals surface area contributed by atoms with Crippen molar-refractivity contribution in [3.05, 3.63) is 61.6 Å². The van der Waals surface area contributed by atoms with Gasteiger partial charge in [-0.2, -0.15) is 0 Å². The highest BCUT2D eigenvalue weighted by atomic mass is 35.5. The van der Waals surface area contributed by atoms with Gasteiger partial charge in [0.1, 0.15) is 5.69 Å². The van der Waals surface area contributed by atoms with Gasteiger partial charge in [0.2, 0.25) is 0 Å². The summed E-state index contributed by atoms with van der Waals surface area (Å²) in [6, 6.07) is 6.53. The minimum Gasteiger partial charge on any atom is -0.478 e. The molecule has 1 fully saturated rings. The number of nitrogens with one attached hydrogen (secondary N) is 2. The van der Waals surface area contributed by atoms with Crippen molar-refractivity contribution in [2.45, 2.75) is 0 Å². The maximum absolute atomic E-state index is 12.6. The summed E-state index contributed by atoms with van der Waals surface area (Å²) in [7, 11) is 0. The third-order valence-corrected chi connectivity index (χ3v) is 5.38. The maximum atomic E-state index is 12.6. The number of morpholine rings is 1. The van der Waals surface area contributed by atoms with E-state index in [2.05, 4.69) is 10.6 Å². The summed E-state index contributed by atoms with van der Waals surface area (Å²) in [5, 5.41) is 25.6. The third-order valence-electron chi connectivity index (χ3n) is 4.55. The Bertz CT molecular complexity index is 1110. The highest BCUT2D eigenvalue weighted by molar-refractivity contribution is 7.80. The summed E-state index contributed by atoms with van der Waals surface area (Å²) in [6.07, 6.45) is 0. The summed E-state index contributed by atoms with van der Waals surface area (Å²) >= 11 is 17.0. The van der Waals surface area contributed by atoms with E-state index in [-0.39, 0.29) is 37.7 Å². The summed E-state index contributed by atoms with van der Waals surface area (Å²) in [5.41, 5.74) is 0.107. The Hall–Kier alpha value is -2.99. The van der Waals surface area contributed by atoms with E-state index in [0.29, 0.717) is 32.0 Å². The van der Waals surface area contributed by atoms with Crippen LogP contribution in [0.25, 0.3) is 0 Å². The molecule has 32 heavy (non-hydrogen) atoms. The Morgan fingerprint density at radius 1 is 1.16 bits per heavy atom. The molecule has 1 heterocycles. The van der Waals surface area contributed by atoms with Gasteiger partial charge in [0.25, 0.3) is 11.6 Å². The van der Waals surface area contributed by atoms with Crippen molar-refractivity contribution in [2.75, 3.05) is 36.5 Å². The molecule has 168 valence electrons. The number of anilines is 2. The SMILES string of the molecule is O=C(NC(=S)Nc1cc(C(=O)O)c(Cl)cc1Cl)c1ccc(N2CCOCC2)c([N+](=O)[O-])c1. The lowest BCUT2D eigenvalue weighted by molar-refractivity contribution is -0.384. The van der Waals surface area contributed by atoms with Crippen molar-refractivity contribution >= 4 is 69.5 Å². The largest absolute Gasteiger partial charge is 0.478 e. The topological polar surface area (TPSA) is 134 Å². The fourth-order valence-electron chi connectivity index (χ4n) is 3.02. The normalized spacial score (nSPS) is 13.4. The fourth-order valence-corrected chi connectivity index (χ4v) is 3.73. The number of amides is 1. The Morgan fingerprint density at radius 3 is 2.47 bits per heavy atom. The molecule has 1 amide bonds. The van der Waals surface area contributed by atoms with E-state index in [1.165, 1.54) is 30.3 Å². The molecule has 13 heteroatoms. The Kier molecular flexibility index (Phi) is 7.46. The summed E-state index contributed by atoms with van der Waals surface area (Å²) in [6.45, 7) is 1.91. The van der Waals surface area contributed by atoms with E-state index < -0.39 is 16.8 Å². The number of thiocarbonyl (C=S) groups is 1. The predicted molar refractivity (Wildman–Crippen MR) is 123 cm³/mol. The van der Waals surface area contributed by atoms with Crippen LogP contribution in [0.15, 0.2) is 30.3 Å². The smallest absolute Gasteiger partial charge is 0.337 e. The van der Waals surface area contributed by atoms with Crippen LogP contribution in [0.1, 0.15) is 20.7 Å². The van der Waals surface area contributed by atoms with Crippen LogP contribution in [0.2, 0.25) is 10.0 Å². The molecule has 0 bridgehead atoms. The molecule has 1 saturated heterocycles. The van der Waals surface area contributed by atoms with Crippen LogP contribution < -0.4 is 15.5 Å². The molecule has 2 aromatic carbocycles. The van der Waals surface area contributed by atoms with Crippen molar-refractivity contribution in [1.82, 2.24) is 5.32 Å². The second-order valence-electron chi connectivity index (χ2n) is 6.59. The highest BCUT2D eigenvalue weighted by Crippen LogP contribution is 2.31. The van der Waals surface area contributed by atoms with Gasteiger partial charge in [-0.25, -0.2) is 4.79 Å². The van der Waals surface area contributed by atoms with Crippen molar-refractivity contribution in [1.29, 1.82) is 0 Å². The Labute approximate surface area is 197 Å². The van der Waals surface area contributed by atoms with Gasteiger partial charge >= 0.3 is 5.97 Å². The standard InChI is InChI=1S/C19H16Cl2N4O6S/c20-12-9-13(21)14(8-11(12)18(27)28)22-19(32)23-17(26)10-1-2-15(16(7-10)25(29)30)24-3-5-31-6-4-24/h1-2,7-9H,3-6H2,(H,27,28)(H2,22,23,26,32). The second kappa shape index (κ2) is 10.1. The molecule has 0 aromatic heterocycles. The first-order chi connectivity index (χ1) is 15.2. The predicted octanol–water partition coefficient (Wildman–Crippen LogP) is 3.56. The van der Waals surface area contributed by atoms with Crippen LogP contribution in [0.5, 0.6) is 0 Å². The number of nitrogens with zero attached hydrogens (tertiary/aromatic N) is 2. The second-order valence-corrected chi connectivity index (χ2v) is 7.81. The Balaban J connectivity index is 1.76. The van der Waals surface area contributed by atoms with Crippen LogP contribution in [-0.2, 0) is 4.74 Å². The van der Waals surface area contributed by atoms with E-state index in [0.717, 1.165) is 0 Å². The minimum absolute atomic E-state index is 0.0197. The first-order valence-electron chi connectivity index (χ1n) is 9.13. The molecule has 0 spiro atoms. The molecule has 0 aliphatic carbocycles. The van der Waals surface area contributed by atoms with E-state index in [4.69, 9.17) is 40.2 Å². The molecule has 0 saturated carbocycles. The summed E-state index contributed by atoms with van der Waals surface area (Å²) in [5.74, 6) is -1.96. The Morgan fingerprint density at radius 2 is 1.84 bits per heavy atom. The number of hydrogen-bond donors (Lipinski definition) is 3. The molecule has 3 rings (SSSR count). The molecule has 0 unspecified atom stereocenters. The van der Waals surface area contributed by atoms with Gasteiger partial charge in [-0.3, -0.25) is 20.2 Å². The number of carboxylic acids is 1. The van der Waals surface area contributed by atoms with Crippen molar-refractivity contribution in [2.24, 2.45) is 0 Å². The first-order valence-corrected chi connectivity index (χ1v) is 10.3. The average Bonchev–Trinajstić information content (AvgIpc) is 2.75. The number of carbonyl (C=O) groups excluding carboxylic acids is 1. The third kappa shape index (κ3) is 5.43. The molecule has 2 aromatic rings. The fraction of sp³-hybridized carbons (Fsp3) is 0.211. The molecule has 0 atom stereocenters. The van der Waals surface area contributed by atoms with Gasteiger partial charge in [-0.1, -0.05) is 23.2 Å². The van der Waals surface area contributed by atoms with Gasteiger partial charge in [0, 0.05) is 24.7 Å². The summed E-state index contributed by atoms with van der Waals surface area (Å²) < 4.78 is 5.27. The monoisotopic (exact) mass is 498 g/mol. The van der Waals surface area contributed by atoms with Crippen LogP contribution in [-0.4, -0.2) is 53.3 Å². The molecular formula is C19H16Cl2N4O6S. The molecule has 0 radical (unpaired) electrons. The van der Waals surface area contributed by atoms with Crippen LogP contribution >= 0.6 is 35.4 Å². The molecule has 3 N–H and O–H groups in total. The maximum Gasteiger partial charge on any atom is 0.337 e. The first kappa shape index (κ1) is 23.7. The highest BCUT2D eigenvalue weighted by Gasteiger charge is 2.24. The number of nitro groups is 1. The van der Waals surface area contributed by atoms with Gasteiger partial charge in [-0.05, 0) is 36.5 Å². The molecular weight excluding hydrogens is 483 g/mol. The number of rotatable bonds is 5. The number of ether oxygens (including phenoxy) is 1. The number of halogens is 2. The zero-order valence-electron chi connectivity index (χ0n) is 16.3. The number of hydrogen-bond acceptors (Lipinski definition) is 7. The number of nitro benzene ring substituents is 1. The lowest BCUT2D eigenvalue weighted by Gasteiger charge is -2.28. The van der Waals surface area contributed by atoms with Gasteiger partial charge in [0.05, 0.1) is 39.4 Å². The summed E-state index contributed by atoms with van der Waals surface area (Å²) in [4.78, 5) is 36.6. The van der Waals surface area contributed by atoms with Gasteiger partial charge in [-0.15, -0.1) is 0 Å². The van der Waals surface area contributed by atoms with Crippen LogP contribution in [0.4, 0.5) is 17.1 Å². The minimum atomic E-state index is -1.27. The average molecular weight is 499 g/mol. The van der Waals surface area contributed by atoms with E-state index in [1.807, 2.05) is 4.90 Å². The van der Waals surface area contributed by atoms with Crippen LogP contribution in [0, 0.1) is 10.1 Å². The van der Waals surface area contributed by atoms with Crippen molar-refractivity contribution in [3.8, 4) is 0 Å². The van der Waals surface area contributed by atoms with Crippen molar-refractivity contribution < 1.29 is 24.4 Å². The van der Waals surface area contributed by atoms with Crippen molar-refractivity contribution in [3.63, 3.8) is 0 Å². The number of carbonyl (C=O) groups is 2. The number of benzene rings is 2. The molecule has 1 aliphatic rings. The van der Waals surface area contributed by atoms with E-state index in [9.17, 15) is 24.8 Å². The molecule has 1 aliphatic heterocycles. The zero-order chi connectivity index (χ0) is 23.4. The lowest BCUT2D eigenvalue weighted by Crippen LogP contribution is -2.37. The zero-order valence-corrected chi connectivity index (χ0v) is 18.6. The van der Waals surface area contributed by atoms with Gasteiger partial charge in [0.15, 0.2) is 5.11 Å².